The highest BCUT2D eigenvalue weighted by atomic mass is 32.2. The Morgan fingerprint density at radius 3 is 2.45 bits per heavy atom. The minimum atomic E-state index is -3.50. The van der Waals surface area contributed by atoms with Gasteiger partial charge in [-0.25, -0.2) is 13.5 Å². The molecule has 1 atom stereocenters. The van der Waals surface area contributed by atoms with Gasteiger partial charge in [-0.05, 0) is 44.0 Å². The molecule has 0 N–H and O–H groups in total. The number of hydroxylamine groups is 2. The van der Waals surface area contributed by atoms with E-state index in [1.54, 1.807) is 4.31 Å². The highest BCUT2D eigenvalue weighted by molar-refractivity contribution is 7.89. The van der Waals surface area contributed by atoms with Crippen molar-refractivity contribution in [2.24, 2.45) is 0 Å². The van der Waals surface area contributed by atoms with Crippen LogP contribution >= 0.6 is 0 Å². The number of nitrogens with zero attached hydrogens (tertiary/aromatic N) is 2. The minimum Gasteiger partial charge on any atom is -0.274 e. The van der Waals surface area contributed by atoms with Crippen molar-refractivity contribution in [1.82, 2.24) is 9.37 Å². The summed E-state index contributed by atoms with van der Waals surface area (Å²) in [6.45, 7) is 2.48. The monoisotopic (exact) mass is 326 g/mol. The van der Waals surface area contributed by atoms with Crippen molar-refractivity contribution < 1.29 is 18.0 Å². The summed E-state index contributed by atoms with van der Waals surface area (Å²) in [5, 5.41) is 1.09. The Kier molecular flexibility index (Phi) is 5.20. The summed E-state index contributed by atoms with van der Waals surface area (Å²) in [4.78, 5) is 17.0. The minimum absolute atomic E-state index is 0.0136. The van der Waals surface area contributed by atoms with Crippen LogP contribution in [0.4, 0.5) is 0 Å². The van der Waals surface area contributed by atoms with Crippen molar-refractivity contribution >= 4 is 15.9 Å². The Morgan fingerprint density at radius 2 is 1.91 bits per heavy atom. The molecule has 0 aromatic heterocycles. The van der Waals surface area contributed by atoms with E-state index in [2.05, 4.69) is 0 Å². The first-order chi connectivity index (χ1) is 10.4. The summed E-state index contributed by atoms with van der Waals surface area (Å²) >= 11 is 0. The topological polar surface area (TPSA) is 66.9 Å². The highest BCUT2D eigenvalue weighted by Gasteiger charge is 2.30. The van der Waals surface area contributed by atoms with Crippen molar-refractivity contribution in [3.8, 4) is 0 Å². The van der Waals surface area contributed by atoms with Crippen LogP contribution in [-0.2, 0) is 14.9 Å². The van der Waals surface area contributed by atoms with Crippen molar-refractivity contribution in [2.75, 3.05) is 20.7 Å². The smallest absolute Gasteiger partial charge is 0.274 e. The number of carbonyl (C=O) groups is 1. The number of benzene rings is 1. The molecule has 1 heterocycles. The van der Waals surface area contributed by atoms with Crippen molar-refractivity contribution in [3.05, 3.63) is 29.8 Å². The largest absolute Gasteiger partial charge is 0.277 e. The molecule has 122 valence electrons. The van der Waals surface area contributed by atoms with Crippen LogP contribution in [-0.4, -0.2) is 50.4 Å². The predicted octanol–water partition coefficient (Wildman–Crippen LogP) is 1.88. The second-order valence-corrected chi connectivity index (χ2v) is 7.36. The van der Waals surface area contributed by atoms with Gasteiger partial charge in [0, 0.05) is 25.2 Å². The Labute approximate surface area is 131 Å². The Hall–Kier alpha value is -1.44. The lowest BCUT2D eigenvalue weighted by Crippen LogP contribution is -2.41. The molecule has 6 nitrogen and oxygen atoms in total. The summed E-state index contributed by atoms with van der Waals surface area (Å²) < 4.78 is 26.9. The van der Waals surface area contributed by atoms with Gasteiger partial charge < -0.3 is 0 Å². The number of hydrogen-bond donors (Lipinski definition) is 0. The fourth-order valence-electron chi connectivity index (χ4n) is 2.60. The van der Waals surface area contributed by atoms with Gasteiger partial charge in [0.05, 0.1) is 12.0 Å². The second kappa shape index (κ2) is 6.76. The Morgan fingerprint density at radius 1 is 1.27 bits per heavy atom. The first-order valence-corrected chi connectivity index (χ1v) is 8.76. The first-order valence-electron chi connectivity index (χ1n) is 7.32. The Balaban J connectivity index is 2.24. The zero-order valence-electron chi connectivity index (χ0n) is 13.2. The summed E-state index contributed by atoms with van der Waals surface area (Å²) in [6, 6.07) is 6.00. The normalized spacial score (nSPS) is 19.9. The maximum absolute atomic E-state index is 12.7. The van der Waals surface area contributed by atoms with Crippen LogP contribution in [0.15, 0.2) is 29.2 Å². The maximum Gasteiger partial charge on any atom is 0.277 e. The molecule has 22 heavy (non-hydrogen) atoms. The van der Waals surface area contributed by atoms with E-state index in [1.165, 1.54) is 38.4 Å². The molecule has 7 heteroatoms. The quantitative estimate of drug-likeness (QED) is 0.793. The van der Waals surface area contributed by atoms with Gasteiger partial charge in [-0.1, -0.05) is 6.42 Å². The average Bonchev–Trinajstić information content (AvgIpc) is 2.53. The van der Waals surface area contributed by atoms with Gasteiger partial charge in [0.1, 0.15) is 0 Å². The lowest BCUT2D eigenvalue weighted by atomic mass is 10.1. The molecule has 1 aliphatic rings. The zero-order valence-corrected chi connectivity index (χ0v) is 14.0. The number of hydrogen-bond acceptors (Lipinski definition) is 4. The SMILES string of the molecule is CON(C)C(=O)c1ccc(S(=O)(=O)N2CCCCC2C)cc1. The lowest BCUT2D eigenvalue weighted by Gasteiger charge is -2.32. The van der Waals surface area contributed by atoms with Crippen LogP contribution in [0.2, 0.25) is 0 Å². The average molecular weight is 326 g/mol. The molecule has 0 radical (unpaired) electrons. The molecule has 0 spiro atoms. The van der Waals surface area contributed by atoms with Gasteiger partial charge in [-0.15, -0.1) is 0 Å². The van der Waals surface area contributed by atoms with Gasteiger partial charge in [0.2, 0.25) is 10.0 Å². The van der Waals surface area contributed by atoms with Crippen LogP contribution < -0.4 is 0 Å². The molecule has 0 saturated carbocycles. The van der Waals surface area contributed by atoms with E-state index in [4.69, 9.17) is 4.84 Å². The van der Waals surface area contributed by atoms with Gasteiger partial charge >= 0.3 is 0 Å². The first kappa shape index (κ1) is 16.9. The van der Waals surface area contributed by atoms with Crippen LogP contribution in [0.25, 0.3) is 0 Å². The van der Waals surface area contributed by atoms with Crippen molar-refractivity contribution in [3.63, 3.8) is 0 Å². The van der Waals surface area contributed by atoms with Crippen molar-refractivity contribution in [1.29, 1.82) is 0 Å². The molecule has 1 aliphatic heterocycles. The molecule has 0 aliphatic carbocycles. The van der Waals surface area contributed by atoms with Gasteiger partial charge in [0.15, 0.2) is 0 Å². The van der Waals surface area contributed by atoms with Crippen LogP contribution in [0.3, 0.4) is 0 Å². The van der Waals surface area contributed by atoms with E-state index >= 15 is 0 Å². The third kappa shape index (κ3) is 3.31. The predicted molar refractivity (Wildman–Crippen MR) is 82.7 cm³/mol. The van der Waals surface area contributed by atoms with Crippen LogP contribution in [0.5, 0.6) is 0 Å². The lowest BCUT2D eigenvalue weighted by molar-refractivity contribution is -0.0757. The van der Waals surface area contributed by atoms with Gasteiger partial charge in [-0.2, -0.15) is 4.31 Å². The van der Waals surface area contributed by atoms with E-state index in [0.29, 0.717) is 12.1 Å². The second-order valence-electron chi connectivity index (χ2n) is 5.47. The number of piperidine rings is 1. The fraction of sp³-hybridized carbons (Fsp3) is 0.533. The summed E-state index contributed by atoms with van der Waals surface area (Å²) in [7, 11) is -0.603. The number of rotatable bonds is 4. The standard InChI is InChI=1S/C15H22N2O4S/c1-12-6-4-5-11-17(12)22(19,20)14-9-7-13(8-10-14)15(18)16(2)21-3/h7-10,12H,4-6,11H2,1-3H3. The molecular weight excluding hydrogens is 304 g/mol. The molecule has 1 saturated heterocycles. The van der Waals surface area contributed by atoms with Crippen LogP contribution in [0.1, 0.15) is 36.5 Å². The van der Waals surface area contributed by atoms with E-state index in [9.17, 15) is 13.2 Å². The number of amides is 1. The zero-order chi connectivity index (χ0) is 16.3. The van der Waals surface area contributed by atoms with Gasteiger partial charge in [0.25, 0.3) is 5.91 Å². The molecule has 0 bridgehead atoms. The third-order valence-corrected chi connectivity index (χ3v) is 6.04. The van der Waals surface area contributed by atoms with Crippen molar-refractivity contribution in [2.45, 2.75) is 37.1 Å². The van der Waals surface area contributed by atoms with Gasteiger partial charge in [-0.3, -0.25) is 9.63 Å². The molecular formula is C15H22N2O4S. The number of sulfonamides is 1. The maximum atomic E-state index is 12.7. The molecule has 1 unspecified atom stereocenters. The molecule has 1 fully saturated rings. The van der Waals surface area contributed by atoms with E-state index in [0.717, 1.165) is 24.3 Å². The third-order valence-electron chi connectivity index (χ3n) is 4.01. The summed E-state index contributed by atoms with van der Waals surface area (Å²) in [6.07, 6.45) is 2.83. The van der Waals surface area contributed by atoms with E-state index in [-0.39, 0.29) is 16.8 Å². The fourth-order valence-corrected chi connectivity index (χ4v) is 4.30. The molecule has 1 aromatic carbocycles. The highest BCUT2D eigenvalue weighted by Crippen LogP contribution is 2.25. The Bertz CT molecular complexity index is 627. The molecule has 2 rings (SSSR count). The molecule has 1 aromatic rings. The van der Waals surface area contributed by atoms with Crippen LogP contribution in [0, 0.1) is 0 Å². The summed E-state index contributed by atoms with van der Waals surface area (Å²) in [5.74, 6) is -0.321. The van der Waals surface area contributed by atoms with E-state index in [1.807, 2.05) is 6.92 Å². The molecule has 1 amide bonds. The summed E-state index contributed by atoms with van der Waals surface area (Å²) in [5.41, 5.74) is 0.384. The van der Waals surface area contributed by atoms with E-state index < -0.39 is 10.0 Å². The number of carbonyl (C=O) groups excluding carboxylic acids is 1.